The van der Waals surface area contributed by atoms with E-state index in [1.807, 2.05) is 48.5 Å². The molecule has 0 N–H and O–H groups in total. The summed E-state index contributed by atoms with van der Waals surface area (Å²) in [5, 5.41) is 0. The monoisotopic (exact) mass is 413 g/mol. The first kappa shape index (κ1) is 20.1. The molecule has 0 unspecified atom stereocenters. The summed E-state index contributed by atoms with van der Waals surface area (Å²) in [6.45, 7) is 5.75. The first-order valence-corrected chi connectivity index (χ1v) is 11.7. The third-order valence-electron chi connectivity index (χ3n) is 5.58. The second kappa shape index (κ2) is 7.26. The average molecular weight is 414 g/mol. The van der Waals surface area contributed by atoms with Crippen molar-refractivity contribution in [1.82, 2.24) is 4.31 Å². The van der Waals surface area contributed by atoms with Crippen LogP contribution in [0.5, 0.6) is 0 Å². The third-order valence-corrected chi connectivity index (χ3v) is 7.49. The Hall–Kier alpha value is -2.18. The molecule has 1 aliphatic heterocycles. The lowest BCUT2D eigenvalue weighted by Crippen LogP contribution is -2.45. The SMILES string of the molecule is CC(C)(C)OC(=O)[C@@H]1CCCN1S(=O)(=O)CC1c2ccccc2-c2ccccc21. The van der Waals surface area contributed by atoms with Gasteiger partial charge < -0.3 is 4.74 Å². The summed E-state index contributed by atoms with van der Waals surface area (Å²) < 4.78 is 33.7. The van der Waals surface area contributed by atoms with Crippen LogP contribution in [-0.2, 0) is 19.6 Å². The van der Waals surface area contributed by atoms with E-state index in [2.05, 4.69) is 0 Å². The Morgan fingerprint density at radius 1 is 1.03 bits per heavy atom. The molecule has 6 heteroatoms. The molecule has 0 bridgehead atoms. The summed E-state index contributed by atoms with van der Waals surface area (Å²) in [5.41, 5.74) is 3.61. The molecule has 0 amide bonds. The van der Waals surface area contributed by atoms with Gasteiger partial charge in [-0.2, -0.15) is 4.31 Å². The van der Waals surface area contributed by atoms with Crippen LogP contribution in [-0.4, -0.2) is 42.6 Å². The molecule has 2 aromatic carbocycles. The minimum Gasteiger partial charge on any atom is -0.459 e. The molecule has 2 aromatic rings. The van der Waals surface area contributed by atoms with Gasteiger partial charge in [-0.25, -0.2) is 8.42 Å². The number of esters is 1. The van der Waals surface area contributed by atoms with Crippen molar-refractivity contribution in [2.45, 2.75) is 51.2 Å². The number of ether oxygens (including phenoxy) is 1. The van der Waals surface area contributed by atoms with Gasteiger partial charge in [0.15, 0.2) is 0 Å². The second-order valence-corrected chi connectivity index (χ2v) is 10.8. The van der Waals surface area contributed by atoms with Gasteiger partial charge in [-0.05, 0) is 55.9 Å². The number of hydrogen-bond donors (Lipinski definition) is 0. The van der Waals surface area contributed by atoms with E-state index in [4.69, 9.17) is 4.74 Å². The van der Waals surface area contributed by atoms with Crippen molar-refractivity contribution in [2.24, 2.45) is 0 Å². The second-order valence-electron chi connectivity index (χ2n) is 8.81. The molecule has 0 radical (unpaired) electrons. The molecule has 1 fully saturated rings. The van der Waals surface area contributed by atoms with E-state index >= 15 is 0 Å². The molecule has 1 heterocycles. The summed E-state index contributed by atoms with van der Waals surface area (Å²) in [5.74, 6) is -0.724. The molecule has 154 valence electrons. The smallest absolute Gasteiger partial charge is 0.324 e. The summed E-state index contributed by atoms with van der Waals surface area (Å²) in [7, 11) is -3.65. The molecular weight excluding hydrogens is 386 g/mol. The molecule has 0 spiro atoms. The fourth-order valence-electron chi connectivity index (χ4n) is 4.42. The van der Waals surface area contributed by atoms with Crippen molar-refractivity contribution in [1.29, 1.82) is 0 Å². The topological polar surface area (TPSA) is 63.7 Å². The Labute approximate surface area is 172 Å². The van der Waals surface area contributed by atoms with Crippen molar-refractivity contribution in [2.75, 3.05) is 12.3 Å². The molecule has 2 aliphatic rings. The maximum absolute atomic E-state index is 13.4. The van der Waals surface area contributed by atoms with Crippen LogP contribution < -0.4 is 0 Å². The Morgan fingerprint density at radius 3 is 2.14 bits per heavy atom. The number of carbonyl (C=O) groups excluding carboxylic acids is 1. The molecule has 5 nitrogen and oxygen atoms in total. The maximum atomic E-state index is 13.4. The summed E-state index contributed by atoms with van der Waals surface area (Å²) in [4.78, 5) is 12.6. The van der Waals surface area contributed by atoms with Gasteiger partial charge >= 0.3 is 5.97 Å². The predicted octanol–water partition coefficient (Wildman–Crippen LogP) is 3.93. The number of carbonyl (C=O) groups is 1. The predicted molar refractivity (Wildman–Crippen MR) is 113 cm³/mol. The lowest BCUT2D eigenvalue weighted by atomic mass is 9.99. The largest absolute Gasteiger partial charge is 0.459 e. The molecule has 0 aromatic heterocycles. The van der Waals surface area contributed by atoms with Crippen molar-refractivity contribution < 1.29 is 17.9 Å². The minimum atomic E-state index is -3.65. The van der Waals surface area contributed by atoms with Gasteiger partial charge in [0.05, 0.1) is 5.75 Å². The van der Waals surface area contributed by atoms with Crippen LogP contribution in [0, 0.1) is 0 Å². The zero-order chi connectivity index (χ0) is 20.8. The van der Waals surface area contributed by atoms with Crippen LogP contribution in [0.15, 0.2) is 48.5 Å². The lowest BCUT2D eigenvalue weighted by Gasteiger charge is -2.28. The van der Waals surface area contributed by atoms with Crippen molar-refractivity contribution in [3.63, 3.8) is 0 Å². The van der Waals surface area contributed by atoms with Crippen LogP contribution in [0.2, 0.25) is 0 Å². The summed E-state index contributed by atoms with van der Waals surface area (Å²) in [6.07, 6.45) is 1.17. The first-order chi connectivity index (χ1) is 13.7. The maximum Gasteiger partial charge on any atom is 0.324 e. The average Bonchev–Trinajstić information content (AvgIpc) is 3.26. The summed E-state index contributed by atoms with van der Waals surface area (Å²) in [6, 6.07) is 15.2. The van der Waals surface area contributed by atoms with E-state index in [1.54, 1.807) is 20.8 Å². The van der Waals surface area contributed by atoms with Crippen LogP contribution in [0.25, 0.3) is 11.1 Å². The Kier molecular flexibility index (Phi) is 5.03. The van der Waals surface area contributed by atoms with E-state index in [0.29, 0.717) is 19.4 Å². The van der Waals surface area contributed by atoms with Gasteiger partial charge in [-0.15, -0.1) is 0 Å². The van der Waals surface area contributed by atoms with E-state index in [0.717, 1.165) is 22.3 Å². The van der Waals surface area contributed by atoms with Crippen LogP contribution in [0.1, 0.15) is 50.7 Å². The van der Waals surface area contributed by atoms with Crippen molar-refractivity contribution in [3.8, 4) is 11.1 Å². The minimum absolute atomic E-state index is 0.0413. The highest BCUT2D eigenvalue weighted by atomic mass is 32.2. The molecule has 0 saturated carbocycles. The number of fused-ring (bicyclic) bond motifs is 3. The molecular formula is C23H27NO4S. The van der Waals surface area contributed by atoms with Crippen molar-refractivity contribution in [3.05, 3.63) is 59.7 Å². The molecule has 1 saturated heterocycles. The molecule has 1 aliphatic carbocycles. The normalized spacial score (nSPS) is 19.8. The number of rotatable bonds is 4. The van der Waals surface area contributed by atoms with Gasteiger partial charge in [0, 0.05) is 12.5 Å². The van der Waals surface area contributed by atoms with Gasteiger partial charge in [-0.3, -0.25) is 4.79 Å². The number of hydrogen-bond acceptors (Lipinski definition) is 4. The van der Waals surface area contributed by atoms with Crippen LogP contribution in [0.3, 0.4) is 0 Å². The lowest BCUT2D eigenvalue weighted by molar-refractivity contribution is -0.158. The van der Waals surface area contributed by atoms with Gasteiger partial charge in [0.2, 0.25) is 10.0 Å². The fourth-order valence-corrected chi connectivity index (χ4v) is 6.38. The Balaban J connectivity index is 1.63. The number of sulfonamides is 1. The van der Waals surface area contributed by atoms with Crippen LogP contribution in [0.4, 0.5) is 0 Å². The summed E-state index contributed by atoms with van der Waals surface area (Å²) >= 11 is 0. The zero-order valence-corrected chi connectivity index (χ0v) is 17.9. The van der Waals surface area contributed by atoms with E-state index in [9.17, 15) is 13.2 Å². The van der Waals surface area contributed by atoms with E-state index in [1.165, 1.54) is 4.31 Å². The molecule has 4 rings (SSSR count). The third kappa shape index (κ3) is 3.83. The Bertz CT molecular complexity index is 993. The highest BCUT2D eigenvalue weighted by Gasteiger charge is 2.43. The van der Waals surface area contributed by atoms with E-state index in [-0.39, 0.29) is 11.7 Å². The Morgan fingerprint density at radius 2 is 1.59 bits per heavy atom. The van der Waals surface area contributed by atoms with Crippen molar-refractivity contribution >= 4 is 16.0 Å². The first-order valence-electron chi connectivity index (χ1n) is 10.1. The van der Waals surface area contributed by atoms with Gasteiger partial charge in [0.25, 0.3) is 0 Å². The molecule has 1 atom stereocenters. The number of nitrogens with zero attached hydrogens (tertiary/aromatic N) is 1. The fraction of sp³-hybridized carbons (Fsp3) is 0.435. The highest BCUT2D eigenvalue weighted by Crippen LogP contribution is 2.45. The molecule has 29 heavy (non-hydrogen) atoms. The quantitative estimate of drug-likeness (QED) is 0.713. The standard InChI is InChI=1S/C23H27NO4S/c1-23(2,3)28-22(25)21-13-8-14-24(21)29(26,27)15-20-18-11-6-4-9-16(18)17-10-5-7-12-19(17)20/h4-7,9-12,20-21H,8,13-15H2,1-3H3/t21-/m0/s1. The number of benzene rings is 2. The van der Waals surface area contributed by atoms with Gasteiger partial charge in [0.1, 0.15) is 11.6 Å². The zero-order valence-electron chi connectivity index (χ0n) is 17.1. The van der Waals surface area contributed by atoms with Gasteiger partial charge in [-0.1, -0.05) is 48.5 Å². The highest BCUT2D eigenvalue weighted by molar-refractivity contribution is 7.89. The van der Waals surface area contributed by atoms with E-state index < -0.39 is 27.6 Å². The van der Waals surface area contributed by atoms with Crippen LogP contribution >= 0.6 is 0 Å².